The average Bonchev–Trinajstić information content (AvgIpc) is 2.77. The van der Waals surface area contributed by atoms with Gasteiger partial charge < -0.3 is 10.1 Å². The van der Waals surface area contributed by atoms with Gasteiger partial charge in [0.25, 0.3) is 0 Å². The fraction of sp³-hybridized carbons (Fsp3) is 0.786. The molecule has 0 radical (unpaired) electrons. The van der Waals surface area contributed by atoms with Crippen molar-refractivity contribution in [2.75, 3.05) is 19.8 Å². The van der Waals surface area contributed by atoms with Crippen molar-refractivity contribution in [3.63, 3.8) is 0 Å². The van der Waals surface area contributed by atoms with E-state index < -0.39 is 0 Å². The van der Waals surface area contributed by atoms with Crippen molar-refractivity contribution in [1.82, 2.24) is 15.2 Å². The molecular formula is C14H25N3OS. The molecule has 0 atom stereocenters. The smallest absolute Gasteiger partial charge is 0.107 e. The van der Waals surface area contributed by atoms with Crippen molar-refractivity contribution >= 4 is 11.3 Å². The molecule has 0 amide bonds. The molecule has 1 N–H and O–H groups in total. The lowest BCUT2D eigenvalue weighted by Gasteiger charge is -2.41. The predicted molar refractivity (Wildman–Crippen MR) is 79.4 cm³/mol. The number of hydrogen-bond acceptors (Lipinski definition) is 5. The van der Waals surface area contributed by atoms with E-state index >= 15 is 0 Å². The van der Waals surface area contributed by atoms with E-state index in [-0.39, 0.29) is 5.54 Å². The Morgan fingerprint density at radius 3 is 3.00 bits per heavy atom. The maximum Gasteiger partial charge on any atom is 0.107 e. The molecule has 2 heterocycles. The molecule has 0 unspecified atom stereocenters. The topological polar surface area (TPSA) is 37.4 Å². The second-order valence-corrected chi connectivity index (χ2v) is 7.00. The number of aromatic nitrogens is 1. The van der Waals surface area contributed by atoms with Gasteiger partial charge in [0.2, 0.25) is 0 Å². The summed E-state index contributed by atoms with van der Waals surface area (Å²) < 4.78 is 5.55. The van der Waals surface area contributed by atoms with E-state index in [1.165, 1.54) is 10.7 Å². The molecule has 1 aliphatic heterocycles. The van der Waals surface area contributed by atoms with Crippen molar-refractivity contribution in [3.8, 4) is 0 Å². The van der Waals surface area contributed by atoms with Crippen LogP contribution in [0.5, 0.6) is 0 Å². The molecule has 0 spiro atoms. The van der Waals surface area contributed by atoms with Crippen molar-refractivity contribution in [3.05, 3.63) is 16.1 Å². The van der Waals surface area contributed by atoms with Gasteiger partial charge in [-0.05, 0) is 13.8 Å². The molecule has 0 aromatic carbocycles. The quantitative estimate of drug-likeness (QED) is 0.899. The number of ether oxygens (including phenoxy) is 1. The predicted octanol–water partition coefficient (Wildman–Crippen LogP) is 2.25. The van der Waals surface area contributed by atoms with Crippen LogP contribution in [0.3, 0.4) is 0 Å². The monoisotopic (exact) mass is 283 g/mol. The Morgan fingerprint density at radius 1 is 1.53 bits per heavy atom. The van der Waals surface area contributed by atoms with Crippen LogP contribution in [0.2, 0.25) is 0 Å². The highest BCUT2D eigenvalue weighted by Crippen LogP contribution is 2.22. The Labute approximate surface area is 120 Å². The summed E-state index contributed by atoms with van der Waals surface area (Å²) in [6, 6.07) is 0.505. The Hall–Kier alpha value is -0.490. The molecule has 5 heteroatoms. The second kappa shape index (κ2) is 6.31. The van der Waals surface area contributed by atoms with Gasteiger partial charge in [0.1, 0.15) is 5.01 Å². The first-order chi connectivity index (χ1) is 8.97. The van der Waals surface area contributed by atoms with Crippen LogP contribution in [0.25, 0.3) is 0 Å². The molecule has 1 aromatic rings. The van der Waals surface area contributed by atoms with Crippen LogP contribution in [-0.4, -0.2) is 41.2 Å². The molecule has 0 aliphatic carbocycles. The SMILES string of the molecule is CC(C)NCc1nc(CN2CCOCC2(C)C)cs1. The number of rotatable bonds is 5. The van der Waals surface area contributed by atoms with Gasteiger partial charge in [-0.2, -0.15) is 0 Å². The number of nitrogens with zero attached hydrogens (tertiary/aromatic N) is 2. The van der Waals surface area contributed by atoms with Crippen LogP contribution in [0.4, 0.5) is 0 Å². The Morgan fingerprint density at radius 2 is 2.32 bits per heavy atom. The molecule has 1 fully saturated rings. The van der Waals surface area contributed by atoms with Gasteiger partial charge in [0, 0.05) is 36.6 Å². The van der Waals surface area contributed by atoms with Crippen molar-refractivity contribution in [2.24, 2.45) is 0 Å². The molecule has 4 nitrogen and oxygen atoms in total. The van der Waals surface area contributed by atoms with Gasteiger partial charge in [-0.1, -0.05) is 13.8 Å². The van der Waals surface area contributed by atoms with Crippen molar-refractivity contribution in [2.45, 2.75) is 52.4 Å². The first-order valence-corrected chi connectivity index (χ1v) is 7.85. The summed E-state index contributed by atoms with van der Waals surface area (Å²) in [5, 5.41) is 6.77. The zero-order valence-corrected chi connectivity index (χ0v) is 13.2. The van der Waals surface area contributed by atoms with Gasteiger partial charge >= 0.3 is 0 Å². The summed E-state index contributed by atoms with van der Waals surface area (Å²) >= 11 is 1.75. The van der Waals surface area contributed by atoms with E-state index in [9.17, 15) is 0 Å². The largest absolute Gasteiger partial charge is 0.378 e. The first kappa shape index (κ1) is 14.9. The number of thiazole rings is 1. The average molecular weight is 283 g/mol. The second-order valence-electron chi connectivity index (χ2n) is 6.05. The van der Waals surface area contributed by atoms with Crippen molar-refractivity contribution < 1.29 is 4.74 Å². The highest BCUT2D eigenvalue weighted by atomic mass is 32.1. The van der Waals surface area contributed by atoms with Crippen LogP contribution < -0.4 is 5.32 Å². The zero-order chi connectivity index (χ0) is 13.9. The van der Waals surface area contributed by atoms with E-state index in [0.29, 0.717) is 6.04 Å². The fourth-order valence-electron chi connectivity index (χ4n) is 2.17. The third-order valence-corrected chi connectivity index (χ3v) is 4.33. The lowest BCUT2D eigenvalue weighted by molar-refractivity contribution is -0.0557. The lowest BCUT2D eigenvalue weighted by atomic mass is 10.0. The minimum absolute atomic E-state index is 0.109. The minimum Gasteiger partial charge on any atom is -0.378 e. The normalized spacial score (nSPS) is 20.1. The van der Waals surface area contributed by atoms with Gasteiger partial charge in [0.05, 0.1) is 18.9 Å². The zero-order valence-electron chi connectivity index (χ0n) is 12.4. The third kappa shape index (κ3) is 4.24. The summed E-state index contributed by atoms with van der Waals surface area (Å²) in [5.41, 5.74) is 1.29. The maximum atomic E-state index is 5.55. The number of nitrogens with one attached hydrogen (secondary N) is 1. The summed E-state index contributed by atoms with van der Waals surface area (Å²) in [7, 11) is 0. The van der Waals surface area contributed by atoms with Crippen LogP contribution in [0.1, 0.15) is 38.4 Å². The molecule has 1 aromatic heterocycles. The molecule has 19 heavy (non-hydrogen) atoms. The van der Waals surface area contributed by atoms with Gasteiger partial charge in [-0.3, -0.25) is 4.90 Å². The number of hydrogen-bond donors (Lipinski definition) is 1. The Kier molecular flexibility index (Phi) is 4.95. The van der Waals surface area contributed by atoms with Gasteiger partial charge in [0.15, 0.2) is 0 Å². The molecule has 0 saturated carbocycles. The summed E-state index contributed by atoms with van der Waals surface area (Å²) in [6.07, 6.45) is 0. The third-order valence-electron chi connectivity index (χ3n) is 3.43. The summed E-state index contributed by atoms with van der Waals surface area (Å²) in [4.78, 5) is 7.18. The van der Waals surface area contributed by atoms with E-state index in [0.717, 1.165) is 32.8 Å². The van der Waals surface area contributed by atoms with Crippen molar-refractivity contribution in [1.29, 1.82) is 0 Å². The van der Waals surface area contributed by atoms with Crippen LogP contribution in [0, 0.1) is 0 Å². The van der Waals surface area contributed by atoms with Crippen LogP contribution in [0.15, 0.2) is 5.38 Å². The van der Waals surface area contributed by atoms with E-state index in [1.807, 2.05) is 0 Å². The lowest BCUT2D eigenvalue weighted by Crippen LogP contribution is -2.52. The van der Waals surface area contributed by atoms with Gasteiger partial charge in [-0.15, -0.1) is 11.3 Å². The standard InChI is InChI=1S/C14H25N3OS/c1-11(2)15-7-13-16-12(9-19-13)8-17-5-6-18-10-14(17,3)4/h9,11,15H,5-8,10H2,1-4H3. The number of morpholine rings is 1. The highest BCUT2D eigenvalue weighted by Gasteiger charge is 2.30. The Balaban J connectivity index is 1.92. The maximum absolute atomic E-state index is 5.55. The Bertz CT molecular complexity index is 403. The first-order valence-electron chi connectivity index (χ1n) is 6.97. The summed E-state index contributed by atoms with van der Waals surface area (Å²) in [5.74, 6) is 0. The summed E-state index contributed by atoms with van der Waals surface area (Å²) in [6.45, 7) is 13.2. The minimum atomic E-state index is 0.109. The van der Waals surface area contributed by atoms with Gasteiger partial charge in [-0.25, -0.2) is 4.98 Å². The highest BCUT2D eigenvalue weighted by molar-refractivity contribution is 7.09. The molecule has 0 bridgehead atoms. The molecule has 1 aliphatic rings. The van der Waals surface area contributed by atoms with E-state index in [2.05, 4.69) is 43.3 Å². The fourth-order valence-corrected chi connectivity index (χ4v) is 2.91. The van der Waals surface area contributed by atoms with Crippen LogP contribution in [-0.2, 0) is 17.8 Å². The molecular weight excluding hydrogens is 258 g/mol. The molecule has 108 valence electrons. The molecule has 1 saturated heterocycles. The molecule has 2 rings (SSSR count). The van der Waals surface area contributed by atoms with E-state index in [1.54, 1.807) is 11.3 Å². The van der Waals surface area contributed by atoms with E-state index in [4.69, 9.17) is 9.72 Å². The van der Waals surface area contributed by atoms with Crippen LogP contribution >= 0.6 is 11.3 Å².